The van der Waals surface area contributed by atoms with Gasteiger partial charge in [0.25, 0.3) is 0 Å². The predicted octanol–water partition coefficient (Wildman–Crippen LogP) is 19.4. The van der Waals surface area contributed by atoms with E-state index in [9.17, 15) is 14.4 Å². The molecule has 0 amide bonds. The van der Waals surface area contributed by atoms with Gasteiger partial charge in [0.1, 0.15) is 13.2 Å². The molecule has 0 aromatic heterocycles. The SMILES string of the molecule is CC\C=C/C=C\C=C/C=C\C=C/CCCCCC(=O)OCC(COC(=O)CCCCCCCC/C=C\C/C=C\C/C=C\C/C=C\CC)OC(=O)CCCCCCCCCCCC/C=C\C=C/CCCCC. The lowest BCUT2D eigenvalue weighted by Crippen LogP contribution is -2.30. The predicted molar refractivity (Wildman–Crippen MR) is 306 cm³/mol. The van der Waals surface area contributed by atoms with Crippen molar-refractivity contribution in [3.8, 4) is 0 Å². The van der Waals surface area contributed by atoms with Crippen LogP contribution < -0.4 is 0 Å². The Kier molecular flexibility index (Phi) is 54.5. The summed E-state index contributed by atoms with van der Waals surface area (Å²) in [4.78, 5) is 38.2. The highest BCUT2D eigenvalue weighted by molar-refractivity contribution is 5.71. The van der Waals surface area contributed by atoms with Crippen LogP contribution in [0.4, 0.5) is 0 Å². The number of carbonyl (C=O) groups excluding carboxylic acids is 3. The topological polar surface area (TPSA) is 78.9 Å². The standard InChI is InChI=1S/C65H104O6/c1-4-7-10-13-16-19-22-25-28-30-32-34-37-40-43-46-49-52-55-58-64(67)70-61-62(60-69-63(66)57-54-51-48-45-42-39-36-27-24-21-18-15-12-9-6-3)71-65(68)59-56-53-50-47-44-41-38-35-33-31-29-26-23-20-17-14-11-8-5-2/h7,9-10,12,15-21,23-28,32,34,36,39,42,62H,4-6,8,11,13-14,22,29-31,33,35,37-38,40-41,43-61H2,1-3H3/b10-7-,12-9-,18-15-,19-16-,20-17-,24-21-,26-23-,28-25-,34-32-,36-27-,42-39-. The van der Waals surface area contributed by atoms with E-state index >= 15 is 0 Å². The molecule has 0 aliphatic rings. The zero-order valence-corrected chi connectivity index (χ0v) is 45.7. The number of ether oxygens (including phenoxy) is 3. The minimum Gasteiger partial charge on any atom is -0.462 e. The molecule has 6 nitrogen and oxygen atoms in total. The fourth-order valence-corrected chi connectivity index (χ4v) is 7.50. The fourth-order valence-electron chi connectivity index (χ4n) is 7.50. The molecular formula is C65H104O6. The summed E-state index contributed by atoms with van der Waals surface area (Å²) in [5.41, 5.74) is 0. The van der Waals surface area contributed by atoms with Crippen LogP contribution in [0.2, 0.25) is 0 Å². The maximum atomic E-state index is 12.9. The molecule has 1 atom stereocenters. The van der Waals surface area contributed by atoms with E-state index in [1.807, 2.05) is 48.6 Å². The van der Waals surface area contributed by atoms with Gasteiger partial charge in [-0.05, 0) is 103 Å². The summed E-state index contributed by atoms with van der Waals surface area (Å²) in [5.74, 6) is -0.967. The van der Waals surface area contributed by atoms with Gasteiger partial charge in [-0.15, -0.1) is 0 Å². The van der Waals surface area contributed by atoms with Crippen LogP contribution in [-0.4, -0.2) is 37.2 Å². The second-order valence-electron chi connectivity index (χ2n) is 18.6. The number of hydrogen-bond donors (Lipinski definition) is 0. The number of allylic oxidation sites excluding steroid dienone is 22. The van der Waals surface area contributed by atoms with Crippen molar-refractivity contribution in [1.29, 1.82) is 0 Å². The van der Waals surface area contributed by atoms with Gasteiger partial charge in [0.05, 0.1) is 0 Å². The first-order valence-corrected chi connectivity index (χ1v) is 28.8. The van der Waals surface area contributed by atoms with Crippen molar-refractivity contribution in [3.05, 3.63) is 134 Å². The zero-order chi connectivity index (χ0) is 51.4. The molecule has 0 rings (SSSR count). The van der Waals surface area contributed by atoms with Gasteiger partial charge in [0, 0.05) is 19.3 Å². The quantitative estimate of drug-likeness (QED) is 0.0199. The lowest BCUT2D eigenvalue weighted by atomic mass is 10.1. The summed E-state index contributed by atoms with van der Waals surface area (Å²) in [5, 5.41) is 0. The van der Waals surface area contributed by atoms with Crippen molar-refractivity contribution in [2.75, 3.05) is 13.2 Å². The van der Waals surface area contributed by atoms with E-state index in [0.717, 1.165) is 109 Å². The molecule has 0 heterocycles. The summed E-state index contributed by atoms with van der Waals surface area (Å²) >= 11 is 0. The third-order valence-corrected chi connectivity index (χ3v) is 11.8. The third kappa shape index (κ3) is 56.3. The van der Waals surface area contributed by atoms with Gasteiger partial charge in [-0.25, -0.2) is 0 Å². The van der Waals surface area contributed by atoms with Gasteiger partial charge < -0.3 is 14.2 Å². The van der Waals surface area contributed by atoms with Crippen LogP contribution in [0.3, 0.4) is 0 Å². The average molecular weight is 982 g/mol. The maximum absolute atomic E-state index is 12.9. The highest BCUT2D eigenvalue weighted by Crippen LogP contribution is 2.15. The van der Waals surface area contributed by atoms with E-state index < -0.39 is 6.10 Å². The summed E-state index contributed by atoms with van der Waals surface area (Å²) in [6.45, 7) is 6.30. The van der Waals surface area contributed by atoms with Crippen LogP contribution in [0.5, 0.6) is 0 Å². The molecule has 0 N–H and O–H groups in total. The third-order valence-electron chi connectivity index (χ3n) is 11.8. The molecule has 1 unspecified atom stereocenters. The van der Waals surface area contributed by atoms with E-state index in [2.05, 4.69) is 106 Å². The van der Waals surface area contributed by atoms with Crippen molar-refractivity contribution in [1.82, 2.24) is 0 Å². The molecule has 0 aromatic carbocycles. The Labute approximate surface area is 436 Å². The fraction of sp³-hybridized carbons (Fsp3) is 0.615. The summed E-state index contributed by atoms with van der Waals surface area (Å²) in [6, 6.07) is 0. The molecule has 0 saturated carbocycles. The summed E-state index contributed by atoms with van der Waals surface area (Å²) in [6.07, 6.45) is 81.5. The number of esters is 3. The molecule has 71 heavy (non-hydrogen) atoms. The Bertz CT molecular complexity index is 1550. The van der Waals surface area contributed by atoms with Crippen LogP contribution in [0.25, 0.3) is 0 Å². The van der Waals surface area contributed by atoms with Gasteiger partial charge in [-0.1, -0.05) is 251 Å². The van der Waals surface area contributed by atoms with Gasteiger partial charge in [0.15, 0.2) is 6.10 Å². The highest BCUT2D eigenvalue weighted by atomic mass is 16.6. The van der Waals surface area contributed by atoms with Crippen LogP contribution in [0.15, 0.2) is 134 Å². The minimum atomic E-state index is -0.810. The van der Waals surface area contributed by atoms with E-state index in [-0.39, 0.29) is 31.1 Å². The Morgan fingerprint density at radius 1 is 0.310 bits per heavy atom. The molecule has 0 bridgehead atoms. The van der Waals surface area contributed by atoms with Gasteiger partial charge in [0.2, 0.25) is 0 Å². The van der Waals surface area contributed by atoms with Crippen molar-refractivity contribution >= 4 is 17.9 Å². The largest absolute Gasteiger partial charge is 0.462 e. The van der Waals surface area contributed by atoms with Gasteiger partial charge in [-0.3, -0.25) is 14.4 Å². The smallest absolute Gasteiger partial charge is 0.306 e. The van der Waals surface area contributed by atoms with E-state index in [1.165, 1.54) is 89.9 Å². The molecule has 0 fully saturated rings. The number of unbranched alkanes of at least 4 members (excludes halogenated alkanes) is 22. The Morgan fingerprint density at radius 2 is 0.620 bits per heavy atom. The van der Waals surface area contributed by atoms with Crippen LogP contribution in [0, 0.1) is 0 Å². The van der Waals surface area contributed by atoms with Crippen LogP contribution in [0.1, 0.15) is 239 Å². The molecule has 0 aliphatic heterocycles. The molecule has 0 spiro atoms. The molecule has 400 valence electrons. The van der Waals surface area contributed by atoms with Gasteiger partial charge >= 0.3 is 17.9 Å². The average Bonchev–Trinajstić information content (AvgIpc) is 3.37. The Morgan fingerprint density at radius 3 is 1.06 bits per heavy atom. The van der Waals surface area contributed by atoms with E-state index in [4.69, 9.17) is 14.2 Å². The lowest BCUT2D eigenvalue weighted by molar-refractivity contribution is -0.167. The monoisotopic (exact) mass is 981 g/mol. The molecule has 6 heteroatoms. The first-order valence-electron chi connectivity index (χ1n) is 28.8. The first kappa shape index (κ1) is 66.6. The van der Waals surface area contributed by atoms with Crippen LogP contribution in [-0.2, 0) is 28.6 Å². The second kappa shape index (κ2) is 58.1. The Hall–Kier alpha value is -4.45. The molecule has 0 aromatic rings. The second-order valence-corrected chi connectivity index (χ2v) is 18.6. The number of hydrogen-bond acceptors (Lipinski definition) is 6. The Balaban J connectivity index is 4.49. The molecule has 0 radical (unpaired) electrons. The van der Waals surface area contributed by atoms with Crippen molar-refractivity contribution in [3.63, 3.8) is 0 Å². The maximum Gasteiger partial charge on any atom is 0.306 e. The van der Waals surface area contributed by atoms with Crippen LogP contribution >= 0.6 is 0 Å². The van der Waals surface area contributed by atoms with Crippen molar-refractivity contribution < 1.29 is 28.6 Å². The normalized spacial score (nSPS) is 13.1. The van der Waals surface area contributed by atoms with E-state index in [1.54, 1.807) is 0 Å². The molecule has 0 aliphatic carbocycles. The van der Waals surface area contributed by atoms with Gasteiger partial charge in [-0.2, -0.15) is 0 Å². The highest BCUT2D eigenvalue weighted by Gasteiger charge is 2.19. The number of rotatable bonds is 50. The minimum absolute atomic E-state index is 0.105. The first-order chi connectivity index (χ1) is 35.0. The summed E-state index contributed by atoms with van der Waals surface area (Å²) < 4.78 is 16.8. The van der Waals surface area contributed by atoms with E-state index in [0.29, 0.717) is 19.3 Å². The molecule has 0 saturated heterocycles. The summed E-state index contributed by atoms with van der Waals surface area (Å²) in [7, 11) is 0. The number of carbonyl (C=O) groups is 3. The zero-order valence-electron chi connectivity index (χ0n) is 45.7. The molecular weight excluding hydrogens is 877 g/mol. The van der Waals surface area contributed by atoms with Crippen molar-refractivity contribution in [2.45, 2.75) is 245 Å². The lowest BCUT2D eigenvalue weighted by Gasteiger charge is -2.18. The van der Waals surface area contributed by atoms with Crippen molar-refractivity contribution in [2.24, 2.45) is 0 Å².